The Morgan fingerprint density at radius 2 is 2.22 bits per heavy atom. The normalized spacial score (nSPS) is 16.2. The summed E-state index contributed by atoms with van der Waals surface area (Å²) in [5, 5.41) is 2.65. The lowest BCUT2D eigenvalue weighted by molar-refractivity contribution is -0.115. The highest BCUT2D eigenvalue weighted by molar-refractivity contribution is 7.89. The van der Waals surface area contributed by atoms with Gasteiger partial charge in [0.2, 0.25) is 15.9 Å². The maximum Gasteiger partial charge on any atom is 0.240 e. The lowest BCUT2D eigenvalue weighted by Crippen LogP contribution is -2.35. The SMILES string of the molecule is CC(N)CNS(=O)(=O)c1ccc2c(c1)CC(=O)N2. The fraction of sp³-hybridized carbons (Fsp3) is 0.364. The van der Waals surface area contributed by atoms with Crippen molar-refractivity contribution in [1.82, 2.24) is 4.72 Å². The molecule has 0 fully saturated rings. The minimum atomic E-state index is -3.56. The summed E-state index contributed by atoms with van der Waals surface area (Å²) >= 11 is 0. The Bertz CT molecular complexity index is 581. The van der Waals surface area contributed by atoms with E-state index < -0.39 is 10.0 Å². The predicted molar refractivity (Wildman–Crippen MR) is 67.6 cm³/mol. The van der Waals surface area contributed by atoms with Crippen molar-refractivity contribution in [2.24, 2.45) is 5.73 Å². The van der Waals surface area contributed by atoms with Gasteiger partial charge in [-0.1, -0.05) is 0 Å². The molecule has 1 aliphatic heterocycles. The lowest BCUT2D eigenvalue weighted by Gasteiger charge is -2.09. The van der Waals surface area contributed by atoms with Crippen LogP contribution in [0.2, 0.25) is 0 Å². The Morgan fingerprint density at radius 3 is 2.89 bits per heavy atom. The van der Waals surface area contributed by atoms with Gasteiger partial charge >= 0.3 is 0 Å². The highest BCUT2D eigenvalue weighted by Crippen LogP contribution is 2.25. The molecular weight excluding hydrogens is 254 g/mol. The average Bonchev–Trinajstić information content (AvgIpc) is 2.65. The molecule has 1 aromatic carbocycles. The molecule has 18 heavy (non-hydrogen) atoms. The van der Waals surface area contributed by atoms with Crippen molar-refractivity contribution in [2.75, 3.05) is 11.9 Å². The van der Waals surface area contributed by atoms with E-state index in [9.17, 15) is 13.2 Å². The van der Waals surface area contributed by atoms with E-state index in [0.717, 1.165) is 0 Å². The molecule has 6 nitrogen and oxygen atoms in total. The third-order valence-electron chi connectivity index (χ3n) is 2.61. The molecule has 1 unspecified atom stereocenters. The van der Waals surface area contributed by atoms with E-state index in [4.69, 9.17) is 5.73 Å². The van der Waals surface area contributed by atoms with Crippen LogP contribution in [0.5, 0.6) is 0 Å². The molecule has 98 valence electrons. The molecule has 1 aromatic rings. The monoisotopic (exact) mass is 269 g/mol. The van der Waals surface area contributed by atoms with Gasteiger partial charge in [0.05, 0.1) is 11.3 Å². The molecule has 0 saturated carbocycles. The first-order valence-corrected chi connectivity index (χ1v) is 7.05. The van der Waals surface area contributed by atoms with E-state index in [0.29, 0.717) is 11.3 Å². The van der Waals surface area contributed by atoms with Crippen LogP contribution in [0.15, 0.2) is 23.1 Å². The van der Waals surface area contributed by atoms with Crippen molar-refractivity contribution >= 4 is 21.6 Å². The molecule has 0 saturated heterocycles. The van der Waals surface area contributed by atoms with Crippen LogP contribution in [0.4, 0.5) is 5.69 Å². The van der Waals surface area contributed by atoms with Crippen LogP contribution in [-0.4, -0.2) is 26.9 Å². The van der Waals surface area contributed by atoms with Gasteiger partial charge in [-0.05, 0) is 30.7 Å². The molecule has 0 aliphatic carbocycles. The maximum atomic E-state index is 11.9. The minimum absolute atomic E-state index is 0.122. The number of fused-ring (bicyclic) bond motifs is 1. The number of rotatable bonds is 4. The van der Waals surface area contributed by atoms with Crippen molar-refractivity contribution in [2.45, 2.75) is 24.3 Å². The quantitative estimate of drug-likeness (QED) is 0.705. The molecule has 0 radical (unpaired) electrons. The Kier molecular flexibility index (Phi) is 3.38. The fourth-order valence-corrected chi connectivity index (χ4v) is 2.89. The Hall–Kier alpha value is -1.44. The van der Waals surface area contributed by atoms with Gasteiger partial charge in [0.15, 0.2) is 0 Å². The minimum Gasteiger partial charge on any atom is -0.327 e. The van der Waals surface area contributed by atoms with E-state index in [-0.39, 0.29) is 29.8 Å². The number of amides is 1. The summed E-state index contributed by atoms with van der Waals surface area (Å²) in [6.07, 6.45) is 0.214. The zero-order chi connectivity index (χ0) is 13.3. The first kappa shape index (κ1) is 13.0. The topological polar surface area (TPSA) is 101 Å². The van der Waals surface area contributed by atoms with E-state index >= 15 is 0 Å². The summed E-state index contributed by atoms with van der Waals surface area (Å²) in [6.45, 7) is 1.89. The second-order valence-electron chi connectivity index (χ2n) is 4.37. The number of nitrogens with two attached hydrogens (primary N) is 1. The molecule has 1 atom stereocenters. The number of sulfonamides is 1. The van der Waals surface area contributed by atoms with Gasteiger partial charge < -0.3 is 11.1 Å². The number of carbonyl (C=O) groups is 1. The summed E-state index contributed by atoms with van der Waals surface area (Å²) in [7, 11) is -3.56. The van der Waals surface area contributed by atoms with Crippen molar-refractivity contribution in [3.05, 3.63) is 23.8 Å². The number of hydrogen-bond acceptors (Lipinski definition) is 4. The van der Waals surface area contributed by atoms with Gasteiger partial charge in [0, 0.05) is 18.3 Å². The van der Waals surface area contributed by atoms with E-state index in [1.165, 1.54) is 12.1 Å². The summed E-state index contributed by atoms with van der Waals surface area (Å²) in [6, 6.07) is 4.32. The summed E-state index contributed by atoms with van der Waals surface area (Å²) < 4.78 is 26.3. The van der Waals surface area contributed by atoms with Gasteiger partial charge in [-0.15, -0.1) is 0 Å². The number of nitrogens with one attached hydrogen (secondary N) is 2. The lowest BCUT2D eigenvalue weighted by atomic mass is 10.2. The standard InChI is InChI=1S/C11H15N3O3S/c1-7(12)6-13-18(16,17)9-2-3-10-8(4-9)5-11(15)14-10/h2-4,7,13H,5-6,12H2,1H3,(H,14,15). The van der Waals surface area contributed by atoms with Crippen molar-refractivity contribution in [1.29, 1.82) is 0 Å². The second-order valence-corrected chi connectivity index (χ2v) is 6.14. The molecule has 0 bridgehead atoms. The molecular formula is C11H15N3O3S. The summed E-state index contributed by atoms with van der Waals surface area (Å²) in [5.41, 5.74) is 6.87. The molecule has 1 amide bonds. The second kappa shape index (κ2) is 4.68. The number of hydrogen-bond donors (Lipinski definition) is 3. The molecule has 0 spiro atoms. The molecule has 1 aliphatic rings. The van der Waals surface area contributed by atoms with Crippen molar-refractivity contribution in [3.8, 4) is 0 Å². The molecule has 0 aromatic heterocycles. The first-order chi connectivity index (χ1) is 8.38. The summed E-state index contributed by atoms with van der Waals surface area (Å²) in [4.78, 5) is 11.3. The highest BCUT2D eigenvalue weighted by Gasteiger charge is 2.21. The first-order valence-electron chi connectivity index (χ1n) is 5.56. The van der Waals surface area contributed by atoms with Gasteiger partial charge in [0.25, 0.3) is 0 Å². The number of benzene rings is 1. The highest BCUT2D eigenvalue weighted by atomic mass is 32.2. The van der Waals surface area contributed by atoms with Gasteiger partial charge in [-0.25, -0.2) is 13.1 Å². The largest absolute Gasteiger partial charge is 0.327 e. The van der Waals surface area contributed by atoms with Crippen LogP contribution in [0, 0.1) is 0 Å². The predicted octanol–water partition coefficient (Wildman–Crippen LogP) is -0.193. The molecule has 4 N–H and O–H groups in total. The van der Waals surface area contributed by atoms with Crippen LogP contribution in [0.1, 0.15) is 12.5 Å². The maximum absolute atomic E-state index is 11.9. The molecule has 1 heterocycles. The molecule has 2 rings (SSSR count). The third kappa shape index (κ3) is 2.69. The van der Waals surface area contributed by atoms with Crippen molar-refractivity contribution in [3.63, 3.8) is 0 Å². The Labute approximate surface area is 106 Å². The summed E-state index contributed by atoms with van der Waals surface area (Å²) in [5.74, 6) is -0.122. The van der Waals surface area contributed by atoms with Crippen molar-refractivity contribution < 1.29 is 13.2 Å². The van der Waals surface area contributed by atoms with Crippen LogP contribution in [0.3, 0.4) is 0 Å². The fourth-order valence-electron chi connectivity index (χ4n) is 1.70. The van der Waals surface area contributed by atoms with E-state index in [2.05, 4.69) is 10.0 Å². The Balaban J connectivity index is 2.24. The zero-order valence-corrected chi connectivity index (χ0v) is 10.8. The smallest absolute Gasteiger partial charge is 0.240 e. The number of anilines is 1. The number of carbonyl (C=O) groups excluding carboxylic acids is 1. The van der Waals surface area contributed by atoms with Gasteiger partial charge in [0.1, 0.15) is 0 Å². The zero-order valence-electron chi connectivity index (χ0n) is 9.93. The molecule has 7 heteroatoms. The third-order valence-corrected chi connectivity index (χ3v) is 4.03. The van der Waals surface area contributed by atoms with E-state index in [1.807, 2.05) is 0 Å². The van der Waals surface area contributed by atoms with Gasteiger partial charge in [-0.3, -0.25) is 4.79 Å². The Morgan fingerprint density at radius 1 is 1.50 bits per heavy atom. The average molecular weight is 269 g/mol. The van der Waals surface area contributed by atoms with E-state index in [1.54, 1.807) is 13.0 Å². The van der Waals surface area contributed by atoms with Crippen LogP contribution < -0.4 is 15.8 Å². The van der Waals surface area contributed by atoms with Gasteiger partial charge in [-0.2, -0.15) is 0 Å². The van der Waals surface area contributed by atoms with Crippen LogP contribution >= 0.6 is 0 Å². The van der Waals surface area contributed by atoms with Crippen LogP contribution in [-0.2, 0) is 21.2 Å². The van der Waals surface area contributed by atoms with Crippen LogP contribution in [0.25, 0.3) is 0 Å².